The number of amides is 1. The molecule has 1 aromatic rings. The molecule has 0 radical (unpaired) electrons. The average Bonchev–Trinajstić information content (AvgIpc) is 2.38. The predicted octanol–water partition coefficient (Wildman–Crippen LogP) is 1.74. The van der Waals surface area contributed by atoms with E-state index in [-0.39, 0.29) is 43.2 Å². The molecule has 0 saturated heterocycles. The lowest BCUT2D eigenvalue weighted by molar-refractivity contribution is -0.121. The van der Waals surface area contributed by atoms with Gasteiger partial charge < -0.3 is 15.4 Å². The third-order valence-corrected chi connectivity index (χ3v) is 2.51. The third kappa shape index (κ3) is 7.64. The minimum atomic E-state index is -0.304. The van der Waals surface area contributed by atoms with Crippen LogP contribution in [0, 0.1) is 5.82 Å². The first-order chi connectivity index (χ1) is 8.61. The SMILES string of the molecule is CNC(C)CNC(=O)CCOc1ccc(F)cc1.Cl. The van der Waals surface area contributed by atoms with Gasteiger partial charge in [-0.05, 0) is 38.2 Å². The Labute approximate surface area is 119 Å². The van der Waals surface area contributed by atoms with E-state index >= 15 is 0 Å². The van der Waals surface area contributed by atoms with Gasteiger partial charge in [0.25, 0.3) is 0 Å². The minimum absolute atomic E-state index is 0. The zero-order valence-corrected chi connectivity index (χ0v) is 11.9. The van der Waals surface area contributed by atoms with E-state index in [1.807, 2.05) is 14.0 Å². The van der Waals surface area contributed by atoms with Crippen LogP contribution in [0.1, 0.15) is 13.3 Å². The van der Waals surface area contributed by atoms with Crippen molar-refractivity contribution in [2.45, 2.75) is 19.4 Å². The van der Waals surface area contributed by atoms with Crippen LogP contribution >= 0.6 is 12.4 Å². The molecule has 0 saturated carbocycles. The number of benzene rings is 1. The van der Waals surface area contributed by atoms with E-state index in [2.05, 4.69) is 10.6 Å². The summed E-state index contributed by atoms with van der Waals surface area (Å²) in [5.74, 6) is 0.202. The Morgan fingerprint density at radius 1 is 1.37 bits per heavy atom. The molecule has 0 aliphatic carbocycles. The second kappa shape index (κ2) is 9.58. The summed E-state index contributed by atoms with van der Waals surface area (Å²) in [6.07, 6.45) is 0.286. The van der Waals surface area contributed by atoms with Crippen molar-refractivity contribution in [2.75, 3.05) is 20.2 Å². The summed E-state index contributed by atoms with van der Waals surface area (Å²) >= 11 is 0. The first-order valence-electron chi connectivity index (χ1n) is 5.94. The molecule has 0 fully saturated rings. The van der Waals surface area contributed by atoms with E-state index in [1.54, 1.807) is 0 Å². The van der Waals surface area contributed by atoms with Gasteiger partial charge in [0, 0.05) is 12.6 Å². The lowest BCUT2D eigenvalue weighted by atomic mass is 10.3. The Hall–Kier alpha value is -1.33. The molecule has 1 atom stereocenters. The van der Waals surface area contributed by atoms with Crippen LogP contribution in [0.25, 0.3) is 0 Å². The fourth-order valence-electron chi connectivity index (χ4n) is 1.25. The molecular formula is C13H20ClFN2O2. The maximum atomic E-state index is 12.6. The lowest BCUT2D eigenvalue weighted by Crippen LogP contribution is -2.37. The van der Waals surface area contributed by atoms with Crippen molar-refractivity contribution in [3.63, 3.8) is 0 Å². The maximum Gasteiger partial charge on any atom is 0.223 e. The Morgan fingerprint density at radius 3 is 2.58 bits per heavy atom. The second-order valence-corrected chi connectivity index (χ2v) is 4.05. The molecule has 1 rings (SSSR count). The highest BCUT2D eigenvalue weighted by atomic mass is 35.5. The number of rotatable bonds is 7. The third-order valence-electron chi connectivity index (χ3n) is 2.51. The van der Waals surface area contributed by atoms with Gasteiger partial charge >= 0.3 is 0 Å². The largest absolute Gasteiger partial charge is 0.493 e. The molecule has 4 nitrogen and oxygen atoms in total. The van der Waals surface area contributed by atoms with Crippen molar-refractivity contribution in [1.82, 2.24) is 10.6 Å². The molecule has 6 heteroatoms. The molecular weight excluding hydrogens is 271 g/mol. The van der Waals surface area contributed by atoms with E-state index in [9.17, 15) is 9.18 Å². The molecule has 1 unspecified atom stereocenters. The van der Waals surface area contributed by atoms with E-state index in [1.165, 1.54) is 24.3 Å². The molecule has 0 heterocycles. The van der Waals surface area contributed by atoms with Crippen molar-refractivity contribution in [3.05, 3.63) is 30.1 Å². The summed E-state index contributed by atoms with van der Waals surface area (Å²) in [6, 6.07) is 5.97. The molecule has 1 aromatic carbocycles. The fourth-order valence-corrected chi connectivity index (χ4v) is 1.25. The normalized spacial score (nSPS) is 11.3. The van der Waals surface area contributed by atoms with Gasteiger partial charge in [-0.2, -0.15) is 0 Å². The number of hydrogen-bond donors (Lipinski definition) is 2. The van der Waals surface area contributed by atoms with Gasteiger partial charge in [-0.25, -0.2) is 4.39 Å². The summed E-state index contributed by atoms with van der Waals surface area (Å²) < 4.78 is 17.9. The van der Waals surface area contributed by atoms with Crippen LogP contribution in [-0.4, -0.2) is 32.1 Å². The molecule has 1 amide bonds. The summed E-state index contributed by atoms with van der Waals surface area (Å²) in [4.78, 5) is 11.4. The molecule has 0 aliphatic heterocycles. The Balaban J connectivity index is 0.00000324. The van der Waals surface area contributed by atoms with E-state index < -0.39 is 0 Å². The average molecular weight is 291 g/mol. The number of ether oxygens (including phenoxy) is 1. The lowest BCUT2D eigenvalue weighted by Gasteiger charge is -2.11. The maximum absolute atomic E-state index is 12.6. The van der Waals surface area contributed by atoms with Crippen LogP contribution in [0.4, 0.5) is 4.39 Å². The number of likely N-dealkylation sites (N-methyl/N-ethyl adjacent to an activating group) is 1. The van der Waals surface area contributed by atoms with Crippen LogP contribution in [0.15, 0.2) is 24.3 Å². The van der Waals surface area contributed by atoms with Crippen molar-refractivity contribution in [2.24, 2.45) is 0 Å². The van der Waals surface area contributed by atoms with E-state index in [0.717, 1.165) is 0 Å². The first kappa shape index (κ1) is 17.7. The molecule has 0 aliphatic rings. The Kier molecular flexibility index (Phi) is 8.91. The zero-order chi connectivity index (χ0) is 13.4. The molecule has 0 aromatic heterocycles. The van der Waals surface area contributed by atoms with E-state index in [0.29, 0.717) is 12.3 Å². The number of hydrogen-bond acceptors (Lipinski definition) is 3. The van der Waals surface area contributed by atoms with Gasteiger partial charge in [-0.15, -0.1) is 12.4 Å². The Morgan fingerprint density at radius 2 is 2.00 bits per heavy atom. The number of carbonyl (C=O) groups excluding carboxylic acids is 1. The fraction of sp³-hybridized carbons (Fsp3) is 0.462. The van der Waals surface area contributed by atoms with Crippen LogP contribution in [0.2, 0.25) is 0 Å². The quantitative estimate of drug-likeness (QED) is 0.804. The smallest absolute Gasteiger partial charge is 0.223 e. The highest BCUT2D eigenvalue weighted by Crippen LogP contribution is 2.10. The summed E-state index contributed by atoms with van der Waals surface area (Å²) in [6.45, 7) is 2.85. The highest BCUT2D eigenvalue weighted by molar-refractivity contribution is 5.85. The standard InChI is InChI=1S/C13H19FN2O2.ClH/c1-10(15-2)9-16-13(17)7-8-18-12-5-3-11(14)4-6-12;/h3-6,10,15H,7-9H2,1-2H3,(H,16,17);1H. The number of halogens is 2. The minimum Gasteiger partial charge on any atom is -0.493 e. The Bertz CT molecular complexity index is 373. The zero-order valence-electron chi connectivity index (χ0n) is 11.1. The predicted molar refractivity (Wildman–Crippen MR) is 75.3 cm³/mol. The van der Waals surface area contributed by atoms with Gasteiger partial charge in [-0.1, -0.05) is 0 Å². The van der Waals surface area contributed by atoms with Crippen LogP contribution < -0.4 is 15.4 Å². The van der Waals surface area contributed by atoms with Gasteiger partial charge in [0.15, 0.2) is 0 Å². The highest BCUT2D eigenvalue weighted by Gasteiger charge is 2.04. The van der Waals surface area contributed by atoms with Gasteiger partial charge in [0.2, 0.25) is 5.91 Å². The molecule has 108 valence electrons. The van der Waals surface area contributed by atoms with Crippen molar-refractivity contribution in [1.29, 1.82) is 0 Å². The van der Waals surface area contributed by atoms with Crippen LogP contribution in [-0.2, 0) is 4.79 Å². The van der Waals surface area contributed by atoms with Gasteiger partial charge in [-0.3, -0.25) is 4.79 Å². The van der Waals surface area contributed by atoms with Crippen LogP contribution in [0.3, 0.4) is 0 Å². The first-order valence-corrected chi connectivity index (χ1v) is 5.94. The monoisotopic (exact) mass is 290 g/mol. The molecule has 0 spiro atoms. The summed E-state index contributed by atoms with van der Waals surface area (Å²) in [5, 5.41) is 5.81. The number of carbonyl (C=O) groups is 1. The summed E-state index contributed by atoms with van der Waals surface area (Å²) in [5.41, 5.74) is 0. The molecule has 0 bridgehead atoms. The van der Waals surface area contributed by atoms with Crippen LogP contribution in [0.5, 0.6) is 5.75 Å². The molecule has 2 N–H and O–H groups in total. The second-order valence-electron chi connectivity index (χ2n) is 4.05. The van der Waals surface area contributed by atoms with Crippen molar-refractivity contribution in [3.8, 4) is 5.75 Å². The molecule has 19 heavy (non-hydrogen) atoms. The van der Waals surface area contributed by atoms with Crippen molar-refractivity contribution >= 4 is 18.3 Å². The van der Waals surface area contributed by atoms with Crippen molar-refractivity contribution < 1.29 is 13.9 Å². The van der Waals surface area contributed by atoms with Gasteiger partial charge in [0.05, 0.1) is 13.0 Å². The number of nitrogens with one attached hydrogen (secondary N) is 2. The topological polar surface area (TPSA) is 50.4 Å². The van der Waals surface area contributed by atoms with Gasteiger partial charge in [0.1, 0.15) is 11.6 Å². The van der Waals surface area contributed by atoms with E-state index in [4.69, 9.17) is 4.74 Å². The summed E-state index contributed by atoms with van der Waals surface area (Å²) in [7, 11) is 1.84.